The lowest BCUT2D eigenvalue weighted by atomic mass is 10.3. The van der Waals surface area contributed by atoms with E-state index in [1.165, 1.54) is 11.3 Å². The molecule has 1 saturated heterocycles. The molecule has 0 radical (unpaired) electrons. The number of β-amino-alcohol motifs (C(OH)–C–C–N with tert-alkyl or cyclic N) is 1. The number of hydrogen-bond acceptors (Lipinski definition) is 7. The molecule has 0 aromatic carbocycles. The highest BCUT2D eigenvalue weighted by atomic mass is 32.1. The number of ether oxygens (including phenoxy) is 1. The Bertz CT molecular complexity index is 318. The lowest BCUT2D eigenvalue weighted by Crippen LogP contribution is -2.25. The number of nitrogens with zero attached hydrogens (tertiary/aromatic N) is 3. The molecule has 0 saturated carbocycles. The molecular formula is C7H12N4O2S. The van der Waals surface area contributed by atoms with Gasteiger partial charge in [-0.1, -0.05) is 11.3 Å². The molecule has 3 N–H and O–H groups in total. The molecule has 1 aromatic heterocycles. The Morgan fingerprint density at radius 3 is 2.86 bits per heavy atom. The van der Waals surface area contributed by atoms with Crippen molar-refractivity contribution >= 4 is 21.6 Å². The van der Waals surface area contributed by atoms with Crippen LogP contribution in [0.3, 0.4) is 0 Å². The van der Waals surface area contributed by atoms with Crippen LogP contribution < -0.4 is 10.6 Å². The summed E-state index contributed by atoms with van der Waals surface area (Å²) in [5.74, 6) is 0. The highest BCUT2D eigenvalue weighted by Gasteiger charge is 2.32. The number of aliphatic hydroxyl groups is 1. The van der Waals surface area contributed by atoms with Crippen molar-refractivity contribution in [2.45, 2.75) is 12.2 Å². The van der Waals surface area contributed by atoms with Gasteiger partial charge in [0.25, 0.3) is 0 Å². The summed E-state index contributed by atoms with van der Waals surface area (Å²) < 4.78 is 5.12. The Hall–Kier alpha value is -0.920. The molecule has 0 unspecified atom stereocenters. The minimum atomic E-state index is -0.467. The zero-order chi connectivity index (χ0) is 10.1. The maximum absolute atomic E-state index is 9.59. The molecule has 0 spiro atoms. The van der Waals surface area contributed by atoms with Gasteiger partial charge in [0.15, 0.2) is 0 Å². The molecule has 2 heterocycles. The Kier molecular flexibility index (Phi) is 2.53. The van der Waals surface area contributed by atoms with Crippen LogP contribution >= 0.6 is 11.3 Å². The number of hydrogen-bond donors (Lipinski definition) is 2. The minimum Gasteiger partial charge on any atom is -0.388 e. The highest BCUT2D eigenvalue weighted by Crippen LogP contribution is 2.26. The molecule has 2 rings (SSSR count). The van der Waals surface area contributed by atoms with Gasteiger partial charge in [-0.2, -0.15) is 0 Å². The number of rotatable bonds is 2. The van der Waals surface area contributed by atoms with Crippen LogP contribution in [0.15, 0.2) is 0 Å². The van der Waals surface area contributed by atoms with Gasteiger partial charge in [0.1, 0.15) is 6.10 Å². The predicted molar refractivity (Wildman–Crippen MR) is 53.3 cm³/mol. The smallest absolute Gasteiger partial charge is 0.210 e. The third-order valence-electron chi connectivity index (χ3n) is 2.24. The first-order valence-corrected chi connectivity index (χ1v) is 5.07. The van der Waals surface area contributed by atoms with Crippen molar-refractivity contribution in [3.8, 4) is 0 Å². The van der Waals surface area contributed by atoms with Crippen LogP contribution in [-0.2, 0) is 4.74 Å². The zero-order valence-corrected chi connectivity index (χ0v) is 8.57. The third-order valence-corrected chi connectivity index (χ3v) is 3.05. The molecule has 0 amide bonds. The van der Waals surface area contributed by atoms with Crippen LogP contribution in [0.1, 0.15) is 0 Å². The summed E-state index contributed by atoms with van der Waals surface area (Å²) in [5, 5.41) is 18.4. The van der Waals surface area contributed by atoms with Gasteiger partial charge in [-0.25, -0.2) is 0 Å². The van der Waals surface area contributed by atoms with Gasteiger partial charge in [0, 0.05) is 20.2 Å². The van der Waals surface area contributed by atoms with E-state index in [0.717, 1.165) is 5.13 Å². The highest BCUT2D eigenvalue weighted by molar-refractivity contribution is 7.18. The molecule has 7 heteroatoms. The summed E-state index contributed by atoms with van der Waals surface area (Å²) >= 11 is 1.31. The van der Waals surface area contributed by atoms with E-state index in [1.807, 2.05) is 4.90 Å². The first kappa shape index (κ1) is 9.63. The molecule has 6 nitrogen and oxygen atoms in total. The minimum absolute atomic E-state index is 0.153. The molecule has 1 aliphatic rings. The summed E-state index contributed by atoms with van der Waals surface area (Å²) in [6.07, 6.45) is -0.620. The average Bonchev–Trinajstić information content (AvgIpc) is 2.71. The fraction of sp³-hybridized carbons (Fsp3) is 0.714. The topological polar surface area (TPSA) is 84.5 Å². The first-order chi connectivity index (χ1) is 6.70. The third kappa shape index (κ3) is 1.66. The van der Waals surface area contributed by atoms with Crippen molar-refractivity contribution in [1.82, 2.24) is 10.2 Å². The molecule has 1 aromatic rings. The fourth-order valence-electron chi connectivity index (χ4n) is 1.50. The number of anilines is 2. The average molecular weight is 216 g/mol. The molecule has 78 valence electrons. The van der Waals surface area contributed by atoms with Gasteiger partial charge in [0.05, 0.1) is 6.10 Å². The molecule has 1 fully saturated rings. The van der Waals surface area contributed by atoms with E-state index in [9.17, 15) is 5.11 Å². The van der Waals surface area contributed by atoms with Gasteiger partial charge in [-0.15, -0.1) is 10.2 Å². The van der Waals surface area contributed by atoms with Crippen molar-refractivity contribution < 1.29 is 9.84 Å². The van der Waals surface area contributed by atoms with E-state index in [1.54, 1.807) is 7.11 Å². The molecule has 2 atom stereocenters. The predicted octanol–water partition coefficient (Wildman–Crippen LogP) is -0.684. The Labute approximate surface area is 85.3 Å². The van der Waals surface area contributed by atoms with Crippen molar-refractivity contribution in [2.24, 2.45) is 0 Å². The standard InChI is InChI=1S/C7H12N4O2S/c1-13-5-3-11(2-4(5)12)7-10-9-6(8)14-7/h4-5,12H,2-3H2,1H3,(H2,8,9)/t4-,5-/m0/s1. The quantitative estimate of drug-likeness (QED) is 0.681. The lowest BCUT2D eigenvalue weighted by Gasteiger charge is -2.12. The van der Waals surface area contributed by atoms with Gasteiger partial charge >= 0.3 is 0 Å². The van der Waals surface area contributed by atoms with E-state index in [-0.39, 0.29) is 6.10 Å². The summed E-state index contributed by atoms with van der Waals surface area (Å²) in [4.78, 5) is 1.92. The lowest BCUT2D eigenvalue weighted by molar-refractivity contribution is 0.0217. The van der Waals surface area contributed by atoms with Gasteiger partial charge < -0.3 is 20.5 Å². The summed E-state index contributed by atoms with van der Waals surface area (Å²) in [7, 11) is 1.59. The van der Waals surface area contributed by atoms with E-state index >= 15 is 0 Å². The normalized spacial score (nSPS) is 27.1. The maximum Gasteiger partial charge on any atom is 0.210 e. The van der Waals surface area contributed by atoms with Crippen molar-refractivity contribution in [3.05, 3.63) is 0 Å². The zero-order valence-electron chi connectivity index (χ0n) is 7.75. The molecule has 1 aliphatic heterocycles. The summed E-state index contributed by atoms with van der Waals surface area (Å²) in [6, 6.07) is 0. The largest absolute Gasteiger partial charge is 0.388 e. The van der Waals surface area contributed by atoms with Crippen LogP contribution in [0.4, 0.5) is 10.3 Å². The van der Waals surface area contributed by atoms with E-state index in [4.69, 9.17) is 10.5 Å². The molecule has 14 heavy (non-hydrogen) atoms. The molecule has 0 bridgehead atoms. The van der Waals surface area contributed by atoms with Crippen molar-refractivity contribution in [2.75, 3.05) is 30.8 Å². The Morgan fingerprint density at radius 2 is 2.36 bits per heavy atom. The number of aromatic nitrogens is 2. The number of methoxy groups -OCH3 is 1. The van der Waals surface area contributed by atoms with Crippen LogP contribution in [0, 0.1) is 0 Å². The van der Waals surface area contributed by atoms with Crippen molar-refractivity contribution in [3.63, 3.8) is 0 Å². The molecular weight excluding hydrogens is 204 g/mol. The monoisotopic (exact) mass is 216 g/mol. The van der Waals surface area contributed by atoms with E-state index < -0.39 is 6.10 Å². The van der Waals surface area contributed by atoms with E-state index in [2.05, 4.69) is 10.2 Å². The Morgan fingerprint density at radius 1 is 1.57 bits per heavy atom. The van der Waals surface area contributed by atoms with Gasteiger partial charge in [-0.3, -0.25) is 0 Å². The van der Waals surface area contributed by atoms with Crippen LogP contribution in [0.25, 0.3) is 0 Å². The number of nitrogens with two attached hydrogens (primary N) is 1. The number of nitrogen functional groups attached to an aromatic ring is 1. The second kappa shape index (κ2) is 3.68. The fourth-order valence-corrected chi connectivity index (χ4v) is 2.13. The maximum atomic E-state index is 9.59. The second-order valence-electron chi connectivity index (χ2n) is 3.17. The van der Waals surface area contributed by atoms with Gasteiger partial charge in [0.2, 0.25) is 10.3 Å². The van der Waals surface area contributed by atoms with Crippen LogP contribution in [-0.4, -0.2) is 47.7 Å². The SMILES string of the molecule is CO[C@H]1CN(c2nnc(N)s2)C[C@@H]1O. The molecule has 0 aliphatic carbocycles. The first-order valence-electron chi connectivity index (χ1n) is 4.25. The Balaban J connectivity index is 2.08. The van der Waals surface area contributed by atoms with Crippen molar-refractivity contribution in [1.29, 1.82) is 0 Å². The van der Waals surface area contributed by atoms with Crippen LogP contribution in [0.5, 0.6) is 0 Å². The van der Waals surface area contributed by atoms with Gasteiger partial charge in [-0.05, 0) is 0 Å². The number of aliphatic hydroxyl groups excluding tert-OH is 1. The van der Waals surface area contributed by atoms with E-state index in [0.29, 0.717) is 18.2 Å². The van der Waals surface area contributed by atoms with Crippen LogP contribution in [0.2, 0.25) is 0 Å². The summed E-state index contributed by atoms with van der Waals surface area (Å²) in [6.45, 7) is 1.15. The summed E-state index contributed by atoms with van der Waals surface area (Å²) in [5.41, 5.74) is 5.47. The second-order valence-corrected chi connectivity index (χ2v) is 4.16.